The van der Waals surface area contributed by atoms with Gasteiger partial charge in [-0.1, -0.05) is 24.3 Å². The van der Waals surface area contributed by atoms with E-state index in [4.69, 9.17) is 10.5 Å². The second kappa shape index (κ2) is 10.5. The van der Waals surface area contributed by atoms with Crippen LogP contribution in [0.1, 0.15) is 21.5 Å². The Labute approximate surface area is 192 Å². The summed E-state index contributed by atoms with van der Waals surface area (Å²) < 4.78 is 44.0. The lowest BCUT2D eigenvalue weighted by atomic mass is 10.1. The summed E-state index contributed by atoms with van der Waals surface area (Å²) in [6.45, 7) is -0.310. The highest BCUT2D eigenvalue weighted by molar-refractivity contribution is 6.05. The monoisotopic (exact) mass is 471 g/mol. The Kier molecular flexibility index (Phi) is 7.52. The first-order valence-corrected chi connectivity index (χ1v) is 9.99. The molecule has 0 bridgehead atoms. The van der Waals surface area contributed by atoms with Crippen LogP contribution in [0.4, 0.5) is 24.5 Å². The lowest BCUT2D eigenvalue weighted by Crippen LogP contribution is -2.20. The smallest absolute Gasteiger partial charge is 0.416 e. The summed E-state index contributed by atoms with van der Waals surface area (Å²) in [7, 11) is 0. The van der Waals surface area contributed by atoms with Gasteiger partial charge in [0, 0.05) is 16.9 Å². The van der Waals surface area contributed by atoms with Crippen molar-refractivity contribution in [1.82, 2.24) is 0 Å². The van der Waals surface area contributed by atoms with Gasteiger partial charge in [0.15, 0.2) is 6.61 Å². The second-order valence-corrected chi connectivity index (χ2v) is 7.24. The number of hydrogen-bond donors (Lipinski definition) is 3. The van der Waals surface area contributed by atoms with Crippen molar-refractivity contribution >= 4 is 29.1 Å². The van der Waals surface area contributed by atoms with E-state index in [-0.39, 0.29) is 24.3 Å². The first-order chi connectivity index (χ1) is 16.1. The van der Waals surface area contributed by atoms with Crippen LogP contribution in [0.5, 0.6) is 5.75 Å². The number of alkyl halides is 3. The van der Waals surface area contributed by atoms with Gasteiger partial charge in [0.25, 0.3) is 11.8 Å². The van der Waals surface area contributed by atoms with Crippen LogP contribution < -0.4 is 21.1 Å². The minimum absolute atomic E-state index is 0.00971. The van der Waals surface area contributed by atoms with Crippen molar-refractivity contribution in [3.05, 3.63) is 89.5 Å². The molecule has 0 aliphatic carbocycles. The summed E-state index contributed by atoms with van der Waals surface area (Å²) in [6.07, 6.45) is -4.43. The molecule has 0 fully saturated rings. The predicted molar refractivity (Wildman–Crippen MR) is 119 cm³/mol. The number of hydrogen-bond acceptors (Lipinski definition) is 4. The number of primary amides is 1. The van der Waals surface area contributed by atoms with Crippen molar-refractivity contribution in [1.29, 1.82) is 0 Å². The highest BCUT2D eigenvalue weighted by Crippen LogP contribution is 2.30. The molecular weight excluding hydrogens is 451 g/mol. The fourth-order valence-corrected chi connectivity index (χ4v) is 2.97. The number of nitrogens with one attached hydrogen (secondary N) is 2. The summed E-state index contributed by atoms with van der Waals surface area (Å²) in [4.78, 5) is 35.6. The molecule has 0 aromatic heterocycles. The molecule has 34 heavy (non-hydrogen) atoms. The zero-order chi connectivity index (χ0) is 24.7. The number of amides is 3. The van der Waals surface area contributed by atoms with Gasteiger partial charge in [-0.3, -0.25) is 14.4 Å². The molecule has 3 rings (SSSR count). The maximum Gasteiger partial charge on any atom is 0.416 e. The van der Waals surface area contributed by atoms with E-state index in [0.717, 1.165) is 12.1 Å². The Hall–Kier alpha value is -4.34. The minimum atomic E-state index is -4.53. The summed E-state index contributed by atoms with van der Waals surface area (Å²) in [6, 6.07) is 16.7. The predicted octanol–water partition coefficient (Wildman–Crippen LogP) is 4.00. The molecule has 0 saturated carbocycles. The molecule has 7 nitrogen and oxygen atoms in total. The molecule has 3 aromatic carbocycles. The molecule has 0 aliphatic rings. The number of ether oxygens (including phenoxy) is 1. The van der Waals surface area contributed by atoms with Crippen molar-refractivity contribution in [2.24, 2.45) is 5.73 Å². The van der Waals surface area contributed by atoms with Gasteiger partial charge in [-0.2, -0.15) is 13.2 Å². The Balaban J connectivity index is 1.57. The Morgan fingerprint density at radius 1 is 0.853 bits per heavy atom. The van der Waals surface area contributed by atoms with Crippen molar-refractivity contribution in [3.63, 3.8) is 0 Å². The van der Waals surface area contributed by atoms with E-state index in [1.54, 1.807) is 30.3 Å². The van der Waals surface area contributed by atoms with E-state index in [1.165, 1.54) is 30.3 Å². The molecule has 0 heterocycles. The number of carbonyl (C=O) groups excluding carboxylic acids is 3. The van der Waals surface area contributed by atoms with Crippen LogP contribution in [0.3, 0.4) is 0 Å². The van der Waals surface area contributed by atoms with Gasteiger partial charge in [0.1, 0.15) is 5.75 Å². The molecule has 0 spiro atoms. The highest BCUT2D eigenvalue weighted by Gasteiger charge is 2.30. The summed E-state index contributed by atoms with van der Waals surface area (Å²) in [5.41, 5.74) is 5.40. The first kappa shape index (κ1) is 24.3. The average Bonchev–Trinajstić information content (AvgIpc) is 2.78. The van der Waals surface area contributed by atoms with E-state index >= 15 is 0 Å². The SMILES string of the molecule is NC(=O)Cc1ccc(OCC(=O)Nc2cccc(C(=O)Nc3cccc(C(F)(F)F)c3)c2)cc1. The van der Waals surface area contributed by atoms with Crippen molar-refractivity contribution in [2.45, 2.75) is 12.6 Å². The lowest BCUT2D eigenvalue weighted by molar-refractivity contribution is -0.137. The summed E-state index contributed by atoms with van der Waals surface area (Å²) >= 11 is 0. The largest absolute Gasteiger partial charge is 0.484 e. The molecule has 10 heteroatoms. The van der Waals surface area contributed by atoms with Crippen LogP contribution in [-0.4, -0.2) is 24.3 Å². The number of anilines is 2. The van der Waals surface area contributed by atoms with Crippen molar-refractivity contribution < 1.29 is 32.3 Å². The van der Waals surface area contributed by atoms with Gasteiger partial charge >= 0.3 is 6.18 Å². The van der Waals surface area contributed by atoms with Gasteiger partial charge in [0.2, 0.25) is 5.91 Å². The summed E-state index contributed by atoms with van der Waals surface area (Å²) in [5.74, 6) is -1.17. The van der Waals surface area contributed by atoms with Crippen LogP contribution in [0.15, 0.2) is 72.8 Å². The van der Waals surface area contributed by atoms with E-state index in [1.807, 2.05) is 0 Å². The maximum atomic E-state index is 12.9. The third-order valence-corrected chi connectivity index (χ3v) is 4.53. The third kappa shape index (κ3) is 7.09. The van der Waals surface area contributed by atoms with Gasteiger partial charge in [-0.15, -0.1) is 0 Å². The molecule has 0 atom stereocenters. The molecule has 4 N–H and O–H groups in total. The van der Waals surface area contributed by atoms with Crippen LogP contribution in [-0.2, 0) is 22.2 Å². The van der Waals surface area contributed by atoms with Gasteiger partial charge in [-0.05, 0) is 54.1 Å². The molecule has 0 unspecified atom stereocenters. The number of rotatable bonds is 8. The molecule has 3 amide bonds. The number of nitrogens with two attached hydrogens (primary N) is 1. The Morgan fingerprint density at radius 2 is 1.50 bits per heavy atom. The normalized spacial score (nSPS) is 10.9. The topological polar surface area (TPSA) is 111 Å². The number of carbonyl (C=O) groups is 3. The van der Waals surface area contributed by atoms with Gasteiger partial charge in [0.05, 0.1) is 12.0 Å². The molecule has 0 aliphatic heterocycles. The quantitative estimate of drug-likeness (QED) is 0.461. The minimum Gasteiger partial charge on any atom is -0.484 e. The molecule has 176 valence electrons. The zero-order valence-electron chi connectivity index (χ0n) is 17.7. The Bertz CT molecular complexity index is 1190. The zero-order valence-corrected chi connectivity index (χ0v) is 17.7. The van der Waals surface area contributed by atoms with Crippen molar-refractivity contribution in [2.75, 3.05) is 17.2 Å². The van der Waals surface area contributed by atoms with Crippen LogP contribution in [0, 0.1) is 0 Å². The lowest BCUT2D eigenvalue weighted by Gasteiger charge is -2.11. The number of halogens is 3. The van der Waals surface area contributed by atoms with E-state index < -0.39 is 29.5 Å². The standard InChI is InChI=1S/C24H20F3N3O4/c25-24(26,27)17-4-2-6-19(13-17)30-23(33)16-3-1-5-18(12-16)29-22(32)14-34-20-9-7-15(8-10-20)11-21(28)31/h1-10,12-13H,11,14H2,(H2,28,31)(H,29,32)(H,30,33). The fraction of sp³-hybridized carbons (Fsp3) is 0.125. The van der Waals surface area contributed by atoms with Crippen LogP contribution in [0.2, 0.25) is 0 Å². The van der Waals surface area contributed by atoms with Gasteiger partial charge < -0.3 is 21.1 Å². The van der Waals surface area contributed by atoms with E-state index in [0.29, 0.717) is 17.0 Å². The second-order valence-electron chi connectivity index (χ2n) is 7.24. The van der Waals surface area contributed by atoms with Crippen LogP contribution >= 0.6 is 0 Å². The average molecular weight is 471 g/mol. The van der Waals surface area contributed by atoms with E-state index in [9.17, 15) is 27.6 Å². The fourth-order valence-electron chi connectivity index (χ4n) is 2.97. The number of benzene rings is 3. The van der Waals surface area contributed by atoms with E-state index in [2.05, 4.69) is 10.6 Å². The molecule has 3 aromatic rings. The molecular formula is C24H20F3N3O4. The highest BCUT2D eigenvalue weighted by atomic mass is 19.4. The van der Waals surface area contributed by atoms with Gasteiger partial charge in [-0.25, -0.2) is 0 Å². The van der Waals surface area contributed by atoms with Crippen LogP contribution in [0.25, 0.3) is 0 Å². The molecule has 0 saturated heterocycles. The first-order valence-electron chi connectivity index (χ1n) is 9.99. The Morgan fingerprint density at radius 3 is 2.15 bits per heavy atom. The maximum absolute atomic E-state index is 12.9. The van der Waals surface area contributed by atoms with Crippen molar-refractivity contribution in [3.8, 4) is 5.75 Å². The summed E-state index contributed by atoms with van der Waals surface area (Å²) in [5, 5.41) is 4.99. The molecule has 0 radical (unpaired) electrons. The third-order valence-electron chi connectivity index (χ3n) is 4.53.